The summed E-state index contributed by atoms with van der Waals surface area (Å²) in [4.78, 5) is 18.1. The van der Waals surface area contributed by atoms with Crippen molar-refractivity contribution >= 4 is 33.4 Å². The summed E-state index contributed by atoms with van der Waals surface area (Å²) in [5.41, 5.74) is 2.64. The van der Waals surface area contributed by atoms with Crippen molar-refractivity contribution in [1.82, 2.24) is 9.55 Å². The van der Waals surface area contributed by atoms with E-state index < -0.39 is 0 Å². The number of fused-ring (bicyclic) bond motifs is 2. The number of hydrogen-bond donors (Lipinski definition) is 0. The minimum Gasteiger partial charge on any atom is -0.283 e. The predicted octanol–water partition coefficient (Wildman–Crippen LogP) is 6.03. The van der Waals surface area contributed by atoms with Gasteiger partial charge >= 0.3 is 0 Å². The first-order valence-corrected chi connectivity index (χ1v) is 11.0. The van der Waals surface area contributed by atoms with Gasteiger partial charge in [0.1, 0.15) is 5.82 Å². The van der Waals surface area contributed by atoms with Crippen molar-refractivity contribution in [1.29, 1.82) is 0 Å². The van der Waals surface area contributed by atoms with Crippen LogP contribution in [0.2, 0.25) is 0 Å². The third-order valence-electron chi connectivity index (χ3n) is 5.32. The van der Waals surface area contributed by atoms with E-state index in [9.17, 15) is 9.18 Å². The molecular formula is C26H19FN2OS. The highest BCUT2D eigenvalue weighted by Gasteiger charge is 2.13. The van der Waals surface area contributed by atoms with Crippen molar-refractivity contribution < 1.29 is 4.39 Å². The second-order valence-electron chi connectivity index (χ2n) is 7.36. The lowest BCUT2D eigenvalue weighted by molar-refractivity contribution is 0.622. The van der Waals surface area contributed by atoms with Crippen molar-refractivity contribution in [2.45, 2.75) is 17.5 Å². The normalized spacial score (nSPS) is 11.3. The maximum absolute atomic E-state index is 13.3. The lowest BCUT2D eigenvalue weighted by atomic mass is 10.1. The van der Waals surface area contributed by atoms with Crippen LogP contribution in [0.1, 0.15) is 11.1 Å². The third-order valence-corrected chi connectivity index (χ3v) is 6.34. The molecule has 3 nitrogen and oxygen atoms in total. The van der Waals surface area contributed by atoms with Crippen molar-refractivity contribution in [3.05, 3.63) is 118 Å². The van der Waals surface area contributed by atoms with Crippen LogP contribution >= 0.6 is 11.8 Å². The molecule has 5 aromatic rings. The van der Waals surface area contributed by atoms with Crippen LogP contribution < -0.4 is 5.56 Å². The van der Waals surface area contributed by atoms with E-state index in [1.54, 1.807) is 34.5 Å². The molecule has 1 heterocycles. The lowest BCUT2D eigenvalue weighted by Crippen LogP contribution is -2.24. The highest BCUT2D eigenvalue weighted by molar-refractivity contribution is 7.98. The zero-order chi connectivity index (χ0) is 21.2. The van der Waals surface area contributed by atoms with Crippen molar-refractivity contribution in [3.8, 4) is 0 Å². The second kappa shape index (κ2) is 8.36. The number of nitrogens with zero attached hydrogens (tertiary/aromatic N) is 2. The molecular weight excluding hydrogens is 407 g/mol. The second-order valence-corrected chi connectivity index (χ2v) is 8.30. The van der Waals surface area contributed by atoms with Crippen LogP contribution in [0.3, 0.4) is 0 Å². The molecule has 0 saturated carbocycles. The van der Waals surface area contributed by atoms with E-state index in [2.05, 4.69) is 30.3 Å². The van der Waals surface area contributed by atoms with Crippen LogP contribution in [0, 0.1) is 5.82 Å². The van der Waals surface area contributed by atoms with Crippen LogP contribution in [0.4, 0.5) is 4.39 Å². The molecule has 0 radical (unpaired) electrons. The molecule has 0 unspecified atom stereocenters. The SMILES string of the molecule is O=c1c2ccccc2nc(SCc2cccc3ccccc23)n1Cc1ccc(F)cc1. The molecule has 0 bridgehead atoms. The molecule has 0 atom stereocenters. The van der Waals surface area contributed by atoms with E-state index in [1.165, 1.54) is 28.5 Å². The van der Waals surface area contributed by atoms with E-state index in [0.29, 0.717) is 28.4 Å². The molecule has 0 amide bonds. The smallest absolute Gasteiger partial charge is 0.262 e. The Morgan fingerprint density at radius 1 is 0.806 bits per heavy atom. The number of rotatable bonds is 5. The number of halogens is 1. The molecule has 0 N–H and O–H groups in total. The molecule has 0 saturated heterocycles. The minimum atomic E-state index is -0.293. The summed E-state index contributed by atoms with van der Waals surface area (Å²) in [6.07, 6.45) is 0. The van der Waals surface area contributed by atoms with Gasteiger partial charge in [-0.2, -0.15) is 0 Å². The topological polar surface area (TPSA) is 34.9 Å². The van der Waals surface area contributed by atoms with Gasteiger partial charge in [-0.25, -0.2) is 9.37 Å². The van der Waals surface area contributed by atoms with Crippen molar-refractivity contribution in [3.63, 3.8) is 0 Å². The fraction of sp³-hybridized carbons (Fsp3) is 0.0769. The van der Waals surface area contributed by atoms with Crippen LogP contribution in [0.5, 0.6) is 0 Å². The summed E-state index contributed by atoms with van der Waals surface area (Å²) < 4.78 is 15.0. The van der Waals surface area contributed by atoms with Gasteiger partial charge in [0.25, 0.3) is 5.56 Å². The Balaban J connectivity index is 1.56. The first-order valence-electron chi connectivity index (χ1n) is 10.0. The lowest BCUT2D eigenvalue weighted by Gasteiger charge is -2.14. The van der Waals surface area contributed by atoms with Gasteiger partial charge in [-0.3, -0.25) is 9.36 Å². The standard InChI is InChI=1S/C26H19FN2OS/c27-21-14-12-18(13-15-21)16-29-25(30)23-10-3-4-11-24(23)28-26(29)31-17-20-8-5-7-19-6-1-2-9-22(19)20/h1-15H,16-17H2. The van der Waals surface area contributed by atoms with Crippen molar-refractivity contribution in [2.24, 2.45) is 0 Å². The Hall–Kier alpha value is -3.44. The zero-order valence-corrected chi connectivity index (χ0v) is 17.5. The molecule has 0 aliphatic heterocycles. The molecule has 4 aromatic carbocycles. The molecule has 0 aliphatic carbocycles. The van der Waals surface area contributed by atoms with Gasteiger partial charge in [0.15, 0.2) is 5.16 Å². The summed E-state index contributed by atoms with van der Waals surface area (Å²) in [5.74, 6) is 0.397. The Bertz CT molecular complexity index is 1440. The Kier molecular flexibility index (Phi) is 5.26. The van der Waals surface area contributed by atoms with Gasteiger partial charge in [0.05, 0.1) is 17.4 Å². The molecule has 0 fully saturated rings. The van der Waals surface area contributed by atoms with Crippen LogP contribution in [-0.2, 0) is 12.3 Å². The highest BCUT2D eigenvalue weighted by atomic mass is 32.2. The maximum atomic E-state index is 13.3. The maximum Gasteiger partial charge on any atom is 0.262 e. The monoisotopic (exact) mass is 426 g/mol. The molecule has 31 heavy (non-hydrogen) atoms. The van der Waals surface area contributed by atoms with Gasteiger partial charge in [0.2, 0.25) is 0 Å². The largest absolute Gasteiger partial charge is 0.283 e. The molecule has 5 heteroatoms. The minimum absolute atomic E-state index is 0.0876. The van der Waals surface area contributed by atoms with Crippen LogP contribution in [0.15, 0.2) is 101 Å². The number of aromatic nitrogens is 2. The van der Waals surface area contributed by atoms with Crippen molar-refractivity contribution in [2.75, 3.05) is 0 Å². The Morgan fingerprint density at radius 2 is 1.52 bits per heavy atom. The number of benzene rings is 4. The first kappa shape index (κ1) is 19.5. The summed E-state index contributed by atoms with van der Waals surface area (Å²) in [7, 11) is 0. The summed E-state index contributed by atoms with van der Waals surface area (Å²) >= 11 is 1.54. The fourth-order valence-corrected chi connectivity index (χ4v) is 4.73. The van der Waals surface area contributed by atoms with Gasteiger partial charge in [-0.1, -0.05) is 78.5 Å². The van der Waals surface area contributed by atoms with E-state index >= 15 is 0 Å². The van der Waals surface area contributed by atoms with E-state index in [-0.39, 0.29) is 11.4 Å². The van der Waals surface area contributed by atoms with Gasteiger partial charge in [-0.15, -0.1) is 0 Å². The predicted molar refractivity (Wildman–Crippen MR) is 125 cm³/mol. The number of thioether (sulfide) groups is 1. The van der Waals surface area contributed by atoms with Crippen LogP contribution in [0.25, 0.3) is 21.7 Å². The number of para-hydroxylation sites is 1. The Labute approximate surface area is 183 Å². The molecule has 152 valence electrons. The van der Waals surface area contributed by atoms with Crippen LogP contribution in [-0.4, -0.2) is 9.55 Å². The number of hydrogen-bond acceptors (Lipinski definition) is 3. The highest BCUT2D eigenvalue weighted by Crippen LogP contribution is 2.27. The average molecular weight is 427 g/mol. The van der Waals surface area contributed by atoms with E-state index in [4.69, 9.17) is 4.98 Å². The van der Waals surface area contributed by atoms with Gasteiger partial charge in [-0.05, 0) is 46.2 Å². The Morgan fingerprint density at radius 3 is 2.35 bits per heavy atom. The third kappa shape index (κ3) is 3.97. The molecule has 0 aliphatic rings. The quantitative estimate of drug-likeness (QED) is 0.254. The van der Waals surface area contributed by atoms with Gasteiger partial charge in [0, 0.05) is 5.75 Å². The average Bonchev–Trinajstić information content (AvgIpc) is 2.81. The zero-order valence-electron chi connectivity index (χ0n) is 16.7. The molecule has 0 spiro atoms. The summed E-state index contributed by atoms with van der Waals surface area (Å²) in [5, 5.41) is 3.63. The summed E-state index contributed by atoms with van der Waals surface area (Å²) in [6, 6.07) is 28.2. The fourth-order valence-electron chi connectivity index (χ4n) is 3.73. The van der Waals surface area contributed by atoms with E-state index in [0.717, 1.165) is 5.56 Å². The first-order chi connectivity index (χ1) is 15.2. The van der Waals surface area contributed by atoms with Gasteiger partial charge < -0.3 is 0 Å². The molecule has 5 rings (SSSR count). The molecule has 1 aromatic heterocycles. The van der Waals surface area contributed by atoms with E-state index in [1.807, 2.05) is 30.3 Å². The summed E-state index contributed by atoms with van der Waals surface area (Å²) in [6.45, 7) is 0.342.